The predicted molar refractivity (Wildman–Crippen MR) is 89.1 cm³/mol. The van der Waals surface area contributed by atoms with Gasteiger partial charge >= 0.3 is 0 Å². The fourth-order valence-electron chi connectivity index (χ4n) is 2.50. The third-order valence-electron chi connectivity index (χ3n) is 3.69. The van der Waals surface area contributed by atoms with Crippen molar-refractivity contribution in [2.45, 2.75) is 13.1 Å². The molecule has 0 N–H and O–H groups in total. The van der Waals surface area contributed by atoms with Crippen molar-refractivity contribution in [3.63, 3.8) is 0 Å². The van der Waals surface area contributed by atoms with Crippen molar-refractivity contribution in [3.8, 4) is 0 Å². The van der Waals surface area contributed by atoms with Crippen LogP contribution in [-0.2, 0) is 13.1 Å². The Bertz CT molecular complexity index is 689. The summed E-state index contributed by atoms with van der Waals surface area (Å²) in [6, 6.07) is 23.0. The summed E-state index contributed by atoms with van der Waals surface area (Å²) in [4.78, 5) is 2.18. The van der Waals surface area contributed by atoms with Gasteiger partial charge in [0.2, 0.25) is 0 Å². The van der Waals surface area contributed by atoms with Gasteiger partial charge in [-0.1, -0.05) is 42.5 Å². The summed E-state index contributed by atoms with van der Waals surface area (Å²) in [5.41, 5.74) is 3.12. The third kappa shape index (κ3) is 4.16. The number of para-hydroxylation sites is 1. The maximum absolute atomic E-state index is 13.1. The first-order valence-corrected chi connectivity index (χ1v) is 7.49. The van der Waals surface area contributed by atoms with Crippen LogP contribution in [-0.4, -0.2) is 0 Å². The maximum Gasteiger partial charge on any atom is 0.123 e. The molecule has 0 fully saturated rings. The monoisotopic (exact) mass is 309 g/mol. The molecule has 0 aliphatic heterocycles. The summed E-state index contributed by atoms with van der Waals surface area (Å²) in [5, 5.41) is 0. The highest BCUT2D eigenvalue weighted by atomic mass is 19.1. The molecule has 3 aromatic carbocycles. The van der Waals surface area contributed by atoms with E-state index in [0.717, 1.165) is 16.8 Å². The van der Waals surface area contributed by atoms with Crippen LogP contribution in [0.5, 0.6) is 0 Å². The Morgan fingerprint density at radius 1 is 0.565 bits per heavy atom. The Kier molecular flexibility index (Phi) is 4.67. The summed E-state index contributed by atoms with van der Waals surface area (Å²) < 4.78 is 26.2. The molecule has 0 radical (unpaired) electrons. The van der Waals surface area contributed by atoms with Gasteiger partial charge in [0.25, 0.3) is 0 Å². The normalized spacial score (nSPS) is 10.5. The van der Waals surface area contributed by atoms with Crippen molar-refractivity contribution in [2.24, 2.45) is 0 Å². The van der Waals surface area contributed by atoms with E-state index in [4.69, 9.17) is 0 Å². The first-order valence-electron chi connectivity index (χ1n) is 7.49. The molecule has 0 unspecified atom stereocenters. The zero-order valence-corrected chi connectivity index (χ0v) is 12.6. The molecule has 0 spiro atoms. The second kappa shape index (κ2) is 7.05. The molecule has 23 heavy (non-hydrogen) atoms. The van der Waals surface area contributed by atoms with E-state index in [1.54, 1.807) is 24.3 Å². The van der Waals surface area contributed by atoms with E-state index in [0.29, 0.717) is 13.1 Å². The lowest BCUT2D eigenvalue weighted by Crippen LogP contribution is -2.22. The molecule has 3 aromatic rings. The second-order valence-corrected chi connectivity index (χ2v) is 5.44. The van der Waals surface area contributed by atoms with Gasteiger partial charge in [0.1, 0.15) is 11.6 Å². The number of hydrogen-bond acceptors (Lipinski definition) is 1. The molecule has 0 heterocycles. The van der Waals surface area contributed by atoms with Crippen LogP contribution in [0, 0.1) is 11.6 Å². The Balaban J connectivity index is 1.84. The van der Waals surface area contributed by atoms with Crippen LogP contribution < -0.4 is 4.90 Å². The topological polar surface area (TPSA) is 3.24 Å². The smallest absolute Gasteiger partial charge is 0.123 e. The van der Waals surface area contributed by atoms with Crippen LogP contribution >= 0.6 is 0 Å². The first kappa shape index (κ1) is 15.2. The molecule has 116 valence electrons. The minimum absolute atomic E-state index is 0.237. The van der Waals surface area contributed by atoms with Gasteiger partial charge in [-0.05, 0) is 47.5 Å². The van der Waals surface area contributed by atoms with Crippen molar-refractivity contribution in [3.05, 3.63) is 102 Å². The minimum atomic E-state index is -0.237. The zero-order chi connectivity index (χ0) is 16.1. The molecule has 0 bridgehead atoms. The largest absolute Gasteiger partial charge is 0.363 e. The minimum Gasteiger partial charge on any atom is -0.363 e. The summed E-state index contributed by atoms with van der Waals surface area (Å²) in [6.45, 7) is 1.31. The molecule has 3 rings (SSSR count). The van der Waals surface area contributed by atoms with E-state index in [-0.39, 0.29) is 11.6 Å². The molecule has 0 aromatic heterocycles. The van der Waals surface area contributed by atoms with Crippen molar-refractivity contribution in [1.82, 2.24) is 0 Å². The highest BCUT2D eigenvalue weighted by Crippen LogP contribution is 2.20. The molecule has 0 atom stereocenters. The van der Waals surface area contributed by atoms with Crippen LogP contribution in [0.2, 0.25) is 0 Å². The van der Waals surface area contributed by atoms with Gasteiger partial charge in [0.15, 0.2) is 0 Å². The summed E-state index contributed by atoms with van der Waals surface area (Å²) in [5.74, 6) is -0.475. The van der Waals surface area contributed by atoms with Crippen LogP contribution in [0.4, 0.5) is 14.5 Å². The quantitative estimate of drug-likeness (QED) is 0.628. The van der Waals surface area contributed by atoms with Gasteiger partial charge in [-0.3, -0.25) is 0 Å². The van der Waals surface area contributed by atoms with Crippen LogP contribution in [0.25, 0.3) is 0 Å². The molecule has 0 saturated carbocycles. The molecule has 0 aliphatic carbocycles. The standard InChI is InChI=1S/C20H17F2N/c21-18-10-6-16(7-11-18)14-23(20-4-2-1-3-5-20)15-17-8-12-19(22)13-9-17/h1-13H,14-15H2. The lowest BCUT2D eigenvalue weighted by Gasteiger charge is -2.25. The van der Waals surface area contributed by atoms with E-state index in [1.807, 2.05) is 30.3 Å². The van der Waals surface area contributed by atoms with Crippen molar-refractivity contribution < 1.29 is 8.78 Å². The molecule has 0 aliphatic rings. The fraction of sp³-hybridized carbons (Fsp3) is 0.100. The Morgan fingerprint density at radius 3 is 1.43 bits per heavy atom. The third-order valence-corrected chi connectivity index (χ3v) is 3.69. The SMILES string of the molecule is Fc1ccc(CN(Cc2ccc(F)cc2)c2ccccc2)cc1. The van der Waals surface area contributed by atoms with E-state index in [1.165, 1.54) is 24.3 Å². The maximum atomic E-state index is 13.1. The molecule has 0 saturated heterocycles. The van der Waals surface area contributed by atoms with E-state index >= 15 is 0 Å². The number of benzene rings is 3. The summed E-state index contributed by atoms with van der Waals surface area (Å²) in [7, 11) is 0. The number of hydrogen-bond donors (Lipinski definition) is 0. The van der Waals surface area contributed by atoms with Crippen molar-refractivity contribution in [1.29, 1.82) is 0 Å². The summed E-state index contributed by atoms with van der Waals surface area (Å²) in [6.07, 6.45) is 0. The van der Waals surface area contributed by atoms with E-state index in [2.05, 4.69) is 4.90 Å². The zero-order valence-electron chi connectivity index (χ0n) is 12.6. The van der Waals surface area contributed by atoms with Crippen LogP contribution in [0.3, 0.4) is 0 Å². The summed E-state index contributed by atoms with van der Waals surface area (Å²) >= 11 is 0. The lowest BCUT2D eigenvalue weighted by molar-refractivity contribution is 0.626. The number of nitrogens with zero attached hydrogens (tertiary/aromatic N) is 1. The average Bonchev–Trinajstić information content (AvgIpc) is 2.59. The first-order chi connectivity index (χ1) is 11.2. The Morgan fingerprint density at radius 2 is 1.00 bits per heavy atom. The van der Waals surface area contributed by atoms with Gasteiger partial charge in [0.05, 0.1) is 0 Å². The molecular formula is C20H17F2N. The molecular weight excluding hydrogens is 292 g/mol. The van der Waals surface area contributed by atoms with Gasteiger partial charge in [-0.15, -0.1) is 0 Å². The van der Waals surface area contributed by atoms with Crippen LogP contribution in [0.15, 0.2) is 78.9 Å². The number of halogens is 2. The molecule has 0 amide bonds. The highest BCUT2D eigenvalue weighted by molar-refractivity contribution is 5.47. The highest BCUT2D eigenvalue weighted by Gasteiger charge is 2.08. The number of anilines is 1. The van der Waals surface area contributed by atoms with Crippen molar-refractivity contribution >= 4 is 5.69 Å². The van der Waals surface area contributed by atoms with Gasteiger partial charge in [0, 0.05) is 18.8 Å². The van der Waals surface area contributed by atoms with Crippen LogP contribution in [0.1, 0.15) is 11.1 Å². The van der Waals surface area contributed by atoms with Gasteiger partial charge in [-0.25, -0.2) is 8.78 Å². The average molecular weight is 309 g/mol. The second-order valence-electron chi connectivity index (χ2n) is 5.44. The molecule has 1 nitrogen and oxygen atoms in total. The van der Waals surface area contributed by atoms with Crippen molar-refractivity contribution in [2.75, 3.05) is 4.90 Å². The number of rotatable bonds is 5. The Hall–Kier alpha value is -2.68. The lowest BCUT2D eigenvalue weighted by atomic mass is 10.1. The van der Waals surface area contributed by atoms with Gasteiger partial charge < -0.3 is 4.90 Å². The fourth-order valence-corrected chi connectivity index (χ4v) is 2.50. The Labute approximate surface area is 134 Å². The van der Waals surface area contributed by atoms with E-state index in [9.17, 15) is 8.78 Å². The van der Waals surface area contributed by atoms with E-state index < -0.39 is 0 Å². The van der Waals surface area contributed by atoms with Gasteiger partial charge in [-0.2, -0.15) is 0 Å². The predicted octanol–water partition coefficient (Wildman–Crippen LogP) is 5.17. The molecule has 3 heteroatoms.